The summed E-state index contributed by atoms with van der Waals surface area (Å²) >= 11 is 4.85. The van der Waals surface area contributed by atoms with Gasteiger partial charge in [-0.1, -0.05) is 0 Å². The molecule has 0 aliphatic heterocycles. The molecule has 0 unspecified atom stereocenters. The second-order valence-electron chi connectivity index (χ2n) is 7.72. The predicted octanol–water partition coefficient (Wildman–Crippen LogP) is 8.40. The van der Waals surface area contributed by atoms with Crippen molar-refractivity contribution in [3.63, 3.8) is 0 Å². The third-order valence-electron chi connectivity index (χ3n) is 5.31. The van der Waals surface area contributed by atoms with Crippen LogP contribution >= 0.6 is 37.4 Å². The van der Waals surface area contributed by atoms with Crippen molar-refractivity contribution in [3.05, 3.63) is 120 Å². The van der Waals surface area contributed by atoms with Gasteiger partial charge in [-0.05, 0) is 0 Å². The summed E-state index contributed by atoms with van der Waals surface area (Å²) < 4.78 is 0.977. The molecule has 0 saturated carbocycles. The SMILES string of the molecule is O=C(C[Te](I)(I)CC(=O)c1ccc(-c2ccccc2)cc1)c1ccc(-c2ccccc2)cc1. The van der Waals surface area contributed by atoms with Gasteiger partial charge >= 0.3 is 220 Å². The third kappa shape index (κ3) is 6.75. The molecule has 0 atom stereocenters. The van der Waals surface area contributed by atoms with Crippen molar-refractivity contribution in [1.82, 2.24) is 0 Å². The Kier molecular flexibility index (Phi) is 8.39. The van der Waals surface area contributed by atoms with Crippen LogP contribution in [0.4, 0.5) is 0 Å². The zero-order valence-corrected chi connectivity index (χ0v) is 24.4. The van der Waals surface area contributed by atoms with Gasteiger partial charge < -0.3 is 0 Å². The number of hydrogen-bond donors (Lipinski definition) is 0. The Hall–Kier alpha value is -1.53. The number of halogens is 2. The van der Waals surface area contributed by atoms with Gasteiger partial charge in [-0.15, -0.1) is 0 Å². The van der Waals surface area contributed by atoms with Gasteiger partial charge in [-0.2, -0.15) is 0 Å². The van der Waals surface area contributed by atoms with E-state index in [1.165, 1.54) is 0 Å². The van der Waals surface area contributed by atoms with Gasteiger partial charge in [-0.3, -0.25) is 0 Å². The molecule has 0 radical (unpaired) electrons. The Morgan fingerprint density at radius 2 is 0.788 bits per heavy atom. The molecule has 2 nitrogen and oxygen atoms in total. The Labute approximate surface area is 218 Å². The van der Waals surface area contributed by atoms with Crippen LogP contribution in [0.3, 0.4) is 0 Å². The first-order valence-corrected chi connectivity index (χ1v) is 27.3. The van der Waals surface area contributed by atoms with Crippen LogP contribution in [0, 0.1) is 0 Å². The standard InChI is InChI=1S/C28H22I2O2Te/c29-33(30,19-27(31)25-15-11-23(12-16-25)21-7-3-1-4-8-21)20-28(32)26-17-13-24(14-18-26)22-9-5-2-6-10-22/h1-18H,19-20H2. The molecular formula is C28H22I2O2Te. The maximum atomic E-state index is 13.0. The summed E-state index contributed by atoms with van der Waals surface area (Å²) in [5.74, 6) is 0.263. The van der Waals surface area contributed by atoms with Gasteiger partial charge in [0.1, 0.15) is 0 Å². The topological polar surface area (TPSA) is 34.1 Å². The molecule has 0 bridgehead atoms. The molecule has 33 heavy (non-hydrogen) atoms. The summed E-state index contributed by atoms with van der Waals surface area (Å²) in [5, 5.41) is 0. The van der Waals surface area contributed by atoms with E-state index in [9.17, 15) is 9.59 Å². The van der Waals surface area contributed by atoms with Crippen LogP contribution in [-0.2, 0) is 0 Å². The maximum absolute atomic E-state index is 13.0. The second-order valence-corrected chi connectivity index (χ2v) is 47.3. The number of carbonyl (C=O) groups is 2. The zero-order chi connectivity index (χ0) is 23.3. The molecule has 0 fully saturated rings. The second kappa shape index (κ2) is 11.3. The van der Waals surface area contributed by atoms with Crippen molar-refractivity contribution in [2.24, 2.45) is 0 Å². The van der Waals surface area contributed by atoms with E-state index in [0.717, 1.165) is 33.4 Å². The third-order valence-corrected chi connectivity index (χ3v) is 17.6. The van der Waals surface area contributed by atoms with Gasteiger partial charge in [0.2, 0.25) is 0 Å². The molecule has 4 aromatic rings. The molecule has 0 aliphatic rings. The summed E-state index contributed by atoms with van der Waals surface area (Å²) in [7, 11) is -2.71. The van der Waals surface area contributed by atoms with E-state index in [2.05, 4.69) is 61.7 Å². The van der Waals surface area contributed by atoms with Crippen molar-refractivity contribution < 1.29 is 9.59 Å². The van der Waals surface area contributed by atoms with Crippen LogP contribution in [-0.4, -0.2) is 21.9 Å². The quantitative estimate of drug-likeness (QED) is 0.103. The minimum atomic E-state index is -2.71. The molecule has 4 rings (SSSR count). The molecule has 0 heterocycles. The first kappa shape index (κ1) is 24.6. The normalized spacial score (nSPS) is 11.7. The Balaban J connectivity index is 1.39. The minimum absolute atomic E-state index is 0.131. The van der Waals surface area contributed by atoms with Crippen LogP contribution in [0.15, 0.2) is 109 Å². The van der Waals surface area contributed by atoms with Crippen molar-refractivity contribution in [2.75, 3.05) is 0 Å². The molecular weight excluding hydrogens is 750 g/mol. The number of ketones is 2. The molecule has 0 spiro atoms. The zero-order valence-electron chi connectivity index (χ0n) is 17.8. The Morgan fingerprint density at radius 3 is 1.12 bits per heavy atom. The van der Waals surface area contributed by atoms with E-state index in [1.807, 2.05) is 84.9 Å². The molecule has 0 amide bonds. The van der Waals surface area contributed by atoms with Crippen LogP contribution in [0.2, 0.25) is 8.94 Å². The summed E-state index contributed by atoms with van der Waals surface area (Å²) in [6, 6.07) is 35.9. The first-order valence-electron chi connectivity index (χ1n) is 10.5. The van der Waals surface area contributed by atoms with E-state index >= 15 is 0 Å². The fourth-order valence-electron chi connectivity index (χ4n) is 3.56. The van der Waals surface area contributed by atoms with Crippen molar-refractivity contribution in [2.45, 2.75) is 8.94 Å². The monoisotopic (exact) mass is 774 g/mol. The fraction of sp³-hybridized carbons (Fsp3) is 0.0714. The molecule has 5 heteroatoms. The van der Waals surface area contributed by atoms with Crippen molar-refractivity contribution in [1.29, 1.82) is 0 Å². The summed E-state index contributed by atoms with van der Waals surface area (Å²) in [6.07, 6.45) is 0. The van der Waals surface area contributed by atoms with Crippen molar-refractivity contribution >= 4 is 59.2 Å². The fourth-order valence-corrected chi connectivity index (χ4v) is 14.6. The average Bonchev–Trinajstić information content (AvgIpc) is 2.85. The van der Waals surface area contributed by atoms with Crippen molar-refractivity contribution in [3.8, 4) is 22.3 Å². The Morgan fingerprint density at radius 1 is 0.485 bits per heavy atom. The predicted molar refractivity (Wildman–Crippen MR) is 156 cm³/mol. The number of Topliss-reactive ketones (excluding diaryl/α,β-unsaturated/α-hetero) is 2. The van der Waals surface area contributed by atoms with Crippen LogP contribution in [0.1, 0.15) is 20.7 Å². The van der Waals surface area contributed by atoms with Crippen LogP contribution < -0.4 is 0 Å². The number of rotatable bonds is 8. The molecule has 0 aromatic heterocycles. The summed E-state index contributed by atoms with van der Waals surface area (Å²) in [5.41, 5.74) is 5.90. The van der Waals surface area contributed by atoms with Gasteiger partial charge in [0.15, 0.2) is 0 Å². The van der Waals surface area contributed by atoms with E-state index in [4.69, 9.17) is 0 Å². The summed E-state index contributed by atoms with van der Waals surface area (Å²) in [6.45, 7) is 0. The van der Waals surface area contributed by atoms with Gasteiger partial charge in [0.25, 0.3) is 0 Å². The van der Waals surface area contributed by atoms with Crippen LogP contribution in [0.5, 0.6) is 0 Å². The van der Waals surface area contributed by atoms with Gasteiger partial charge in [-0.25, -0.2) is 0 Å². The summed E-state index contributed by atoms with van der Waals surface area (Å²) in [4.78, 5) is 25.9. The van der Waals surface area contributed by atoms with E-state index < -0.39 is 10.3 Å². The van der Waals surface area contributed by atoms with Gasteiger partial charge in [0.05, 0.1) is 0 Å². The first-order chi connectivity index (χ1) is 15.9. The van der Waals surface area contributed by atoms with E-state index in [1.54, 1.807) is 0 Å². The molecule has 4 aromatic carbocycles. The molecule has 0 saturated heterocycles. The number of hydrogen-bond acceptors (Lipinski definition) is 2. The molecule has 0 aliphatic carbocycles. The van der Waals surface area contributed by atoms with E-state index in [0.29, 0.717) is 8.94 Å². The Bertz CT molecular complexity index is 1140. The number of carbonyl (C=O) groups excluding carboxylic acids is 2. The average molecular weight is 772 g/mol. The van der Waals surface area contributed by atoms with Gasteiger partial charge in [0, 0.05) is 0 Å². The molecule has 166 valence electrons. The van der Waals surface area contributed by atoms with Crippen LogP contribution in [0.25, 0.3) is 22.3 Å². The molecule has 0 N–H and O–H groups in total. The van der Waals surface area contributed by atoms with E-state index in [-0.39, 0.29) is 11.6 Å². The number of benzene rings is 4.